The van der Waals surface area contributed by atoms with Gasteiger partial charge in [-0.1, -0.05) is 0 Å². The van der Waals surface area contributed by atoms with Crippen molar-refractivity contribution >= 4 is 0 Å². The van der Waals surface area contributed by atoms with Crippen molar-refractivity contribution in [2.75, 3.05) is 19.8 Å². The summed E-state index contributed by atoms with van der Waals surface area (Å²) in [5.41, 5.74) is 0.616. The van der Waals surface area contributed by atoms with Gasteiger partial charge >= 0.3 is 0 Å². The molecule has 3 nitrogen and oxygen atoms in total. The molecule has 0 saturated carbocycles. The van der Waals surface area contributed by atoms with Gasteiger partial charge in [-0.15, -0.1) is 0 Å². The van der Waals surface area contributed by atoms with Gasteiger partial charge in [-0.05, 0) is 25.5 Å². The summed E-state index contributed by atoms with van der Waals surface area (Å²) < 4.78 is 24.0. The van der Waals surface area contributed by atoms with Crippen molar-refractivity contribution in [3.05, 3.63) is 29.6 Å². The molecule has 4 heteroatoms. The van der Waals surface area contributed by atoms with Crippen molar-refractivity contribution in [1.29, 1.82) is 0 Å². The Hall–Kier alpha value is -1.13. The average Bonchev–Trinajstić information content (AvgIpc) is 2.78. The highest BCUT2D eigenvalue weighted by Crippen LogP contribution is 2.27. The van der Waals surface area contributed by atoms with Gasteiger partial charge in [0.1, 0.15) is 11.6 Å². The Bertz CT molecular complexity index is 373. The smallest absolute Gasteiger partial charge is 0.128 e. The molecule has 1 N–H and O–H groups in total. The zero-order valence-electron chi connectivity index (χ0n) is 9.86. The Kier molecular flexibility index (Phi) is 3.97. The summed E-state index contributed by atoms with van der Waals surface area (Å²) in [6, 6.07) is 4.20. The molecule has 0 radical (unpaired) electrons. The van der Waals surface area contributed by atoms with Crippen LogP contribution in [-0.4, -0.2) is 24.9 Å². The first-order valence-electron chi connectivity index (χ1n) is 5.85. The molecule has 94 valence electrons. The largest absolute Gasteiger partial charge is 0.493 e. The minimum atomic E-state index is -0.662. The lowest BCUT2D eigenvalue weighted by atomic mass is 10.1. The molecule has 1 fully saturated rings. The van der Waals surface area contributed by atoms with Crippen LogP contribution < -0.4 is 4.74 Å². The number of benzene rings is 1. The van der Waals surface area contributed by atoms with E-state index in [9.17, 15) is 9.50 Å². The van der Waals surface area contributed by atoms with Crippen molar-refractivity contribution in [1.82, 2.24) is 0 Å². The van der Waals surface area contributed by atoms with Gasteiger partial charge in [0.15, 0.2) is 0 Å². The summed E-state index contributed by atoms with van der Waals surface area (Å²) in [5, 5.41) is 9.56. The lowest BCUT2D eigenvalue weighted by Gasteiger charge is -2.15. The van der Waals surface area contributed by atoms with Crippen LogP contribution >= 0.6 is 0 Å². The van der Waals surface area contributed by atoms with E-state index in [1.807, 2.05) is 0 Å². The lowest BCUT2D eigenvalue weighted by molar-refractivity contribution is 0.161. The van der Waals surface area contributed by atoms with Crippen molar-refractivity contribution in [3.8, 4) is 5.75 Å². The van der Waals surface area contributed by atoms with Gasteiger partial charge in [0.2, 0.25) is 0 Å². The second kappa shape index (κ2) is 5.47. The minimum absolute atomic E-state index is 0.355. The van der Waals surface area contributed by atoms with E-state index in [2.05, 4.69) is 0 Å². The van der Waals surface area contributed by atoms with E-state index < -0.39 is 6.10 Å². The first-order valence-corrected chi connectivity index (χ1v) is 5.85. The Balaban J connectivity index is 2.04. The van der Waals surface area contributed by atoms with Crippen LogP contribution in [0.15, 0.2) is 18.2 Å². The van der Waals surface area contributed by atoms with Crippen molar-refractivity contribution in [2.24, 2.45) is 5.92 Å². The monoisotopic (exact) mass is 240 g/mol. The quantitative estimate of drug-likeness (QED) is 0.877. The standard InChI is InChI=1S/C13H17FO3/c1-9(15)12-3-2-11(14)6-13(12)17-8-10-4-5-16-7-10/h2-3,6,9-10,15H,4-5,7-8H2,1H3/t9-,10?/m1/s1. The van der Waals surface area contributed by atoms with Crippen LogP contribution in [0.3, 0.4) is 0 Å². The van der Waals surface area contributed by atoms with Crippen LogP contribution in [0, 0.1) is 11.7 Å². The highest BCUT2D eigenvalue weighted by molar-refractivity contribution is 5.35. The summed E-state index contributed by atoms with van der Waals surface area (Å²) in [6.07, 6.45) is 0.310. The Labute approximate surface area is 100 Å². The lowest BCUT2D eigenvalue weighted by Crippen LogP contribution is -2.13. The second-order valence-electron chi connectivity index (χ2n) is 4.40. The van der Waals surface area contributed by atoms with Crippen LogP contribution in [0.25, 0.3) is 0 Å². The fraction of sp³-hybridized carbons (Fsp3) is 0.538. The maximum atomic E-state index is 13.1. The summed E-state index contributed by atoms with van der Waals surface area (Å²) in [5.74, 6) is 0.430. The first kappa shape index (κ1) is 12.3. The molecule has 1 saturated heterocycles. The molecule has 1 aliphatic rings. The van der Waals surface area contributed by atoms with Gasteiger partial charge in [0.05, 0.1) is 19.3 Å². The van der Waals surface area contributed by atoms with Gasteiger partial charge in [0, 0.05) is 24.2 Å². The van der Waals surface area contributed by atoms with E-state index in [0.29, 0.717) is 30.4 Å². The summed E-state index contributed by atoms with van der Waals surface area (Å²) in [6.45, 7) is 3.60. The van der Waals surface area contributed by atoms with Crippen LogP contribution in [0.1, 0.15) is 25.0 Å². The maximum absolute atomic E-state index is 13.1. The van der Waals surface area contributed by atoms with Crippen LogP contribution in [0.5, 0.6) is 5.75 Å². The van der Waals surface area contributed by atoms with E-state index in [-0.39, 0.29) is 5.82 Å². The fourth-order valence-electron chi connectivity index (χ4n) is 1.90. The Morgan fingerprint density at radius 2 is 2.41 bits per heavy atom. The van der Waals surface area contributed by atoms with E-state index in [1.165, 1.54) is 12.1 Å². The molecule has 0 aromatic heterocycles. The molecule has 0 amide bonds. The minimum Gasteiger partial charge on any atom is -0.493 e. The summed E-state index contributed by atoms with van der Waals surface area (Å²) in [7, 11) is 0. The van der Waals surface area contributed by atoms with Gasteiger partial charge in [0.25, 0.3) is 0 Å². The van der Waals surface area contributed by atoms with E-state index >= 15 is 0 Å². The van der Waals surface area contributed by atoms with E-state index in [1.54, 1.807) is 13.0 Å². The fourth-order valence-corrected chi connectivity index (χ4v) is 1.90. The van der Waals surface area contributed by atoms with Crippen molar-refractivity contribution in [2.45, 2.75) is 19.4 Å². The average molecular weight is 240 g/mol. The normalized spacial score (nSPS) is 21.5. The third-order valence-electron chi connectivity index (χ3n) is 2.92. The molecule has 1 aromatic rings. The zero-order valence-corrected chi connectivity index (χ0v) is 9.86. The third kappa shape index (κ3) is 3.17. The third-order valence-corrected chi connectivity index (χ3v) is 2.92. The maximum Gasteiger partial charge on any atom is 0.128 e. The molecule has 1 aliphatic heterocycles. The van der Waals surface area contributed by atoms with Gasteiger partial charge in [-0.2, -0.15) is 0 Å². The Morgan fingerprint density at radius 1 is 1.59 bits per heavy atom. The number of aliphatic hydroxyl groups is 1. The van der Waals surface area contributed by atoms with Gasteiger partial charge in [-0.3, -0.25) is 0 Å². The summed E-state index contributed by atoms with van der Waals surface area (Å²) >= 11 is 0. The number of ether oxygens (including phenoxy) is 2. The van der Waals surface area contributed by atoms with Gasteiger partial charge in [-0.25, -0.2) is 4.39 Å². The highest BCUT2D eigenvalue weighted by atomic mass is 19.1. The van der Waals surface area contributed by atoms with E-state index in [0.717, 1.165) is 13.0 Å². The number of hydrogen-bond donors (Lipinski definition) is 1. The van der Waals surface area contributed by atoms with Crippen molar-refractivity contribution in [3.63, 3.8) is 0 Å². The number of rotatable bonds is 4. The van der Waals surface area contributed by atoms with E-state index in [4.69, 9.17) is 9.47 Å². The van der Waals surface area contributed by atoms with Gasteiger partial charge < -0.3 is 14.6 Å². The Morgan fingerprint density at radius 3 is 3.06 bits per heavy atom. The van der Waals surface area contributed by atoms with Crippen molar-refractivity contribution < 1.29 is 19.0 Å². The number of hydrogen-bond acceptors (Lipinski definition) is 3. The second-order valence-corrected chi connectivity index (χ2v) is 4.40. The molecule has 1 unspecified atom stereocenters. The van der Waals surface area contributed by atoms with Crippen LogP contribution in [0.2, 0.25) is 0 Å². The highest BCUT2D eigenvalue weighted by Gasteiger charge is 2.18. The molecule has 1 aromatic carbocycles. The molecule has 2 atom stereocenters. The summed E-state index contributed by atoms with van der Waals surface area (Å²) in [4.78, 5) is 0. The molecular weight excluding hydrogens is 223 g/mol. The number of aliphatic hydroxyl groups excluding tert-OH is 1. The van der Waals surface area contributed by atoms with Crippen LogP contribution in [-0.2, 0) is 4.74 Å². The molecule has 1 heterocycles. The topological polar surface area (TPSA) is 38.7 Å². The predicted octanol–water partition coefficient (Wildman–Crippen LogP) is 2.29. The number of halogens is 1. The molecule has 17 heavy (non-hydrogen) atoms. The predicted molar refractivity (Wildman–Crippen MR) is 61.5 cm³/mol. The SMILES string of the molecule is C[C@@H](O)c1ccc(F)cc1OCC1CCOC1. The molecule has 0 spiro atoms. The molecule has 2 rings (SSSR count). The zero-order chi connectivity index (χ0) is 12.3. The first-order chi connectivity index (χ1) is 8.16. The molecular formula is C13H17FO3. The molecule has 0 aliphatic carbocycles. The molecule has 0 bridgehead atoms. The van der Waals surface area contributed by atoms with Crippen LogP contribution in [0.4, 0.5) is 4.39 Å².